The van der Waals surface area contributed by atoms with Crippen LogP contribution in [0.5, 0.6) is 0 Å². The highest BCUT2D eigenvalue weighted by atomic mass is 35.5. The zero-order valence-electron chi connectivity index (χ0n) is 11.0. The summed E-state index contributed by atoms with van der Waals surface area (Å²) < 4.78 is 4.93. The molecule has 2 aromatic heterocycles. The highest BCUT2D eigenvalue weighted by molar-refractivity contribution is 6.31. The van der Waals surface area contributed by atoms with Gasteiger partial charge in [0.05, 0.1) is 5.56 Å². The maximum atomic E-state index is 12.4. The second-order valence-corrected chi connectivity index (χ2v) is 5.03. The van der Waals surface area contributed by atoms with Gasteiger partial charge in [0.1, 0.15) is 5.76 Å². The summed E-state index contributed by atoms with van der Waals surface area (Å²) in [6.45, 7) is 3.61. The average molecular weight is 290 g/mol. The van der Waals surface area contributed by atoms with Gasteiger partial charge >= 0.3 is 0 Å². The van der Waals surface area contributed by atoms with Crippen molar-refractivity contribution < 1.29 is 9.32 Å². The van der Waals surface area contributed by atoms with Gasteiger partial charge in [-0.1, -0.05) is 16.8 Å². The van der Waals surface area contributed by atoms with Crippen molar-refractivity contribution in [3.8, 4) is 0 Å². The van der Waals surface area contributed by atoms with E-state index in [2.05, 4.69) is 15.5 Å². The first-order valence-corrected chi connectivity index (χ1v) is 6.45. The van der Waals surface area contributed by atoms with Crippen molar-refractivity contribution >= 4 is 34.2 Å². The third-order valence-electron chi connectivity index (χ3n) is 3.04. The summed E-state index contributed by atoms with van der Waals surface area (Å²) in [4.78, 5) is 15.5. The van der Waals surface area contributed by atoms with Crippen molar-refractivity contribution in [3.63, 3.8) is 0 Å². The second kappa shape index (κ2) is 4.68. The number of nitrogens with one attached hydrogen (secondary N) is 2. The van der Waals surface area contributed by atoms with Gasteiger partial charge in [-0.15, -0.1) is 0 Å². The lowest BCUT2D eigenvalue weighted by Gasteiger charge is -2.01. The summed E-state index contributed by atoms with van der Waals surface area (Å²) in [6, 6.07) is 7.06. The molecule has 5 nitrogen and oxygen atoms in total. The molecule has 0 saturated heterocycles. The monoisotopic (exact) mass is 289 g/mol. The van der Waals surface area contributed by atoms with Crippen molar-refractivity contribution in [2.75, 3.05) is 5.32 Å². The molecular formula is C14H12ClN3O2. The van der Waals surface area contributed by atoms with E-state index in [1.807, 2.05) is 13.0 Å². The van der Waals surface area contributed by atoms with E-state index >= 15 is 0 Å². The van der Waals surface area contributed by atoms with Gasteiger partial charge in [-0.25, -0.2) is 0 Å². The fraction of sp³-hybridized carbons (Fsp3) is 0.143. The van der Waals surface area contributed by atoms with Gasteiger partial charge in [-0.2, -0.15) is 0 Å². The third-order valence-corrected chi connectivity index (χ3v) is 3.28. The number of aromatic nitrogens is 2. The first-order valence-electron chi connectivity index (χ1n) is 6.07. The molecule has 0 aliphatic heterocycles. The Labute approximate surface area is 119 Å². The maximum absolute atomic E-state index is 12.4. The largest absolute Gasteiger partial charge is 0.360 e. The number of amides is 1. The second-order valence-electron chi connectivity index (χ2n) is 4.59. The Hall–Kier alpha value is -2.27. The number of fused-ring (bicyclic) bond motifs is 1. The highest BCUT2D eigenvalue weighted by Crippen LogP contribution is 2.26. The van der Waals surface area contributed by atoms with Gasteiger partial charge in [-0.3, -0.25) is 4.79 Å². The van der Waals surface area contributed by atoms with Crippen LogP contribution in [0.1, 0.15) is 21.8 Å². The minimum absolute atomic E-state index is 0.246. The van der Waals surface area contributed by atoms with Crippen LogP contribution >= 0.6 is 11.6 Å². The maximum Gasteiger partial charge on any atom is 0.259 e. The fourth-order valence-corrected chi connectivity index (χ4v) is 2.37. The van der Waals surface area contributed by atoms with Gasteiger partial charge in [0.15, 0.2) is 5.82 Å². The zero-order valence-corrected chi connectivity index (χ0v) is 11.7. The number of nitrogens with zero attached hydrogens (tertiary/aromatic N) is 1. The van der Waals surface area contributed by atoms with E-state index < -0.39 is 0 Å². The summed E-state index contributed by atoms with van der Waals surface area (Å²) >= 11 is 6.00. The van der Waals surface area contributed by atoms with Gasteiger partial charge < -0.3 is 14.8 Å². The summed E-state index contributed by atoms with van der Waals surface area (Å²) in [5.41, 5.74) is 2.21. The van der Waals surface area contributed by atoms with Crippen LogP contribution in [-0.2, 0) is 0 Å². The average Bonchev–Trinajstić information content (AvgIpc) is 2.91. The minimum Gasteiger partial charge on any atom is -0.360 e. The SMILES string of the molecule is Cc1cc(NC(=O)c2c(C)[nH]c3ccc(Cl)cc23)no1. The zero-order chi connectivity index (χ0) is 14.3. The summed E-state index contributed by atoms with van der Waals surface area (Å²) in [5, 5.41) is 7.83. The normalized spacial score (nSPS) is 10.9. The van der Waals surface area contributed by atoms with Gasteiger partial charge in [0.25, 0.3) is 5.91 Å². The fourth-order valence-electron chi connectivity index (χ4n) is 2.20. The summed E-state index contributed by atoms with van der Waals surface area (Å²) in [6.07, 6.45) is 0. The van der Waals surface area contributed by atoms with Crippen LogP contribution in [0.4, 0.5) is 5.82 Å². The molecule has 2 N–H and O–H groups in total. The molecule has 0 spiro atoms. The standard InChI is InChI=1S/C14H12ClN3O2/c1-7-5-12(18-20-7)17-14(19)13-8(2)16-11-4-3-9(15)6-10(11)13/h3-6,16H,1-2H3,(H,17,18,19). The molecule has 102 valence electrons. The van der Waals surface area contributed by atoms with Gasteiger partial charge in [-0.05, 0) is 32.0 Å². The van der Waals surface area contributed by atoms with Crippen molar-refractivity contribution in [1.82, 2.24) is 10.1 Å². The highest BCUT2D eigenvalue weighted by Gasteiger charge is 2.17. The first-order chi connectivity index (χ1) is 9.54. The van der Waals surface area contributed by atoms with Gasteiger partial charge in [0.2, 0.25) is 0 Å². The number of H-pyrrole nitrogens is 1. The van der Waals surface area contributed by atoms with Crippen LogP contribution < -0.4 is 5.32 Å². The van der Waals surface area contributed by atoms with Crippen molar-refractivity contribution in [1.29, 1.82) is 0 Å². The summed E-state index contributed by atoms with van der Waals surface area (Å²) in [5.74, 6) is 0.784. The molecule has 1 amide bonds. The quantitative estimate of drug-likeness (QED) is 0.756. The van der Waals surface area contributed by atoms with E-state index in [4.69, 9.17) is 16.1 Å². The molecule has 0 fully saturated rings. The Morgan fingerprint density at radius 3 is 2.85 bits per heavy atom. The molecule has 0 atom stereocenters. The van der Waals surface area contributed by atoms with Crippen LogP contribution in [-0.4, -0.2) is 16.0 Å². The first kappa shape index (κ1) is 12.7. The molecule has 20 heavy (non-hydrogen) atoms. The van der Waals surface area contributed by atoms with Crippen LogP contribution in [0.25, 0.3) is 10.9 Å². The van der Waals surface area contributed by atoms with Crippen molar-refractivity contribution in [2.24, 2.45) is 0 Å². The number of halogens is 1. The lowest BCUT2D eigenvalue weighted by atomic mass is 10.1. The van der Waals surface area contributed by atoms with Crippen LogP contribution in [0.15, 0.2) is 28.8 Å². The Bertz CT molecular complexity index is 804. The number of anilines is 1. The number of benzene rings is 1. The van der Waals surface area contributed by atoms with Crippen molar-refractivity contribution in [3.05, 3.63) is 46.3 Å². The Balaban J connectivity index is 2.02. The van der Waals surface area contributed by atoms with E-state index in [0.717, 1.165) is 16.6 Å². The van der Waals surface area contributed by atoms with Gasteiger partial charge in [0, 0.05) is 27.7 Å². The Kier molecular flexibility index (Phi) is 2.99. The smallest absolute Gasteiger partial charge is 0.259 e. The number of carbonyl (C=O) groups excluding carboxylic acids is 1. The Morgan fingerprint density at radius 1 is 1.35 bits per heavy atom. The third kappa shape index (κ3) is 2.16. The number of hydrogen-bond donors (Lipinski definition) is 2. The van der Waals surface area contributed by atoms with E-state index in [1.54, 1.807) is 25.1 Å². The van der Waals surface area contributed by atoms with E-state index in [9.17, 15) is 4.79 Å². The van der Waals surface area contributed by atoms with Crippen LogP contribution in [0.3, 0.4) is 0 Å². The molecule has 0 saturated carbocycles. The molecule has 3 rings (SSSR count). The lowest BCUT2D eigenvalue weighted by Crippen LogP contribution is -2.12. The predicted octanol–water partition coefficient (Wildman–Crippen LogP) is 3.68. The molecule has 1 aromatic carbocycles. The predicted molar refractivity (Wildman–Crippen MR) is 77.2 cm³/mol. The van der Waals surface area contributed by atoms with E-state index in [-0.39, 0.29) is 5.91 Å². The minimum atomic E-state index is -0.246. The number of aryl methyl sites for hydroxylation is 2. The number of hydrogen-bond acceptors (Lipinski definition) is 3. The van der Waals surface area contributed by atoms with Crippen LogP contribution in [0.2, 0.25) is 5.02 Å². The molecule has 0 aliphatic rings. The van der Waals surface area contributed by atoms with E-state index in [1.165, 1.54) is 0 Å². The Morgan fingerprint density at radius 2 is 2.15 bits per heavy atom. The number of rotatable bonds is 2. The van der Waals surface area contributed by atoms with Crippen LogP contribution in [0, 0.1) is 13.8 Å². The molecule has 3 aromatic rings. The molecule has 2 heterocycles. The number of aromatic amines is 1. The molecule has 6 heteroatoms. The lowest BCUT2D eigenvalue weighted by molar-refractivity contribution is 0.102. The van der Waals surface area contributed by atoms with E-state index in [0.29, 0.717) is 22.2 Å². The molecule has 0 unspecified atom stereocenters. The molecule has 0 aliphatic carbocycles. The topological polar surface area (TPSA) is 70.9 Å². The molecular weight excluding hydrogens is 278 g/mol. The van der Waals surface area contributed by atoms with Crippen molar-refractivity contribution in [2.45, 2.75) is 13.8 Å². The number of carbonyl (C=O) groups is 1. The summed E-state index contributed by atoms with van der Waals surface area (Å²) in [7, 11) is 0. The molecule has 0 radical (unpaired) electrons. The molecule has 0 bridgehead atoms.